The van der Waals surface area contributed by atoms with Crippen LogP contribution in [0.25, 0.3) is 0 Å². The van der Waals surface area contributed by atoms with Crippen molar-refractivity contribution in [3.8, 4) is 0 Å². The molecule has 3 rings (SSSR count). The van der Waals surface area contributed by atoms with E-state index in [2.05, 4.69) is 69.9 Å². The molecule has 0 N–H and O–H groups in total. The van der Waals surface area contributed by atoms with Gasteiger partial charge in [0.2, 0.25) is 0 Å². The van der Waals surface area contributed by atoms with Gasteiger partial charge in [0.05, 0.1) is 0 Å². The van der Waals surface area contributed by atoms with E-state index in [0.717, 1.165) is 46.3 Å². The summed E-state index contributed by atoms with van der Waals surface area (Å²) in [5.74, 6) is 0.657. The Labute approximate surface area is 195 Å². The van der Waals surface area contributed by atoms with Crippen molar-refractivity contribution in [2.24, 2.45) is 5.92 Å². The molecule has 0 radical (unpaired) electrons. The van der Waals surface area contributed by atoms with E-state index in [-0.39, 0.29) is 0 Å². The van der Waals surface area contributed by atoms with Crippen LogP contribution in [0.15, 0.2) is 156 Å². The third-order valence-corrected chi connectivity index (χ3v) is 5.60. The van der Waals surface area contributed by atoms with Crippen molar-refractivity contribution in [1.29, 1.82) is 0 Å². The van der Waals surface area contributed by atoms with E-state index >= 15 is 0 Å². The Hall–Kier alpha value is -3.38. The van der Waals surface area contributed by atoms with Gasteiger partial charge in [0.15, 0.2) is 0 Å². The van der Waals surface area contributed by atoms with Gasteiger partial charge in [-0.2, -0.15) is 0 Å². The number of allylic oxidation sites excluding steroid dienone is 20. The Morgan fingerprint density at radius 2 is 1.53 bits per heavy atom. The molecule has 0 aromatic heterocycles. The van der Waals surface area contributed by atoms with Crippen molar-refractivity contribution in [2.75, 3.05) is 0 Å². The summed E-state index contributed by atoms with van der Waals surface area (Å²) in [4.78, 5) is 0. The van der Waals surface area contributed by atoms with E-state index in [1.165, 1.54) is 23.1 Å². The lowest BCUT2D eigenvalue weighted by Gasteiger charge is -2.09. The minimum absolute atomic E-state index is 0.657. The Balaban J connectivity index is 0.00000176. The molecule has 0 aromatic rings. The second-order valence-corrected chi connectivity index (χ2v) is 7.91. The Kier molecular flexibility index (Phi) is 9.22. The van der Waals surface area contributed by atoms with Crippen molar-refractivity contribution in [1.82, 2.24) is 0 Å². The highest BCUT2D eigenvalue weighted by Gasteiger charge is 2.32. The van der Waals surface area contributed by atoms with Gasteiger partial charge in [-0.3, -0.25) is 0 Å². The van der Waals surface area contributed by atoms with Gasteiger partial charge in [-0.05, 0) is 69.9 Å². The topological polar surface area (TPSA) is 0 Å². The summed E-state index contributed by atoms with van der Waals surface area (Å²) in [6.45, 7) is 28.6. The van der Waals surface area contributed by atoms with Gasteiger partial charge in [0, 0.05) is 5.92 Å². The molecule has 1 fully saturated rings. The highest BCUT2D eigenvalue weighted by atomic mass is 14.4. The fourth-order valence-electron chi connectivity index (χ4n) is 3.41. The van der Waals surface area contributed by atoms with Crippen molar-refractivity contribution in [2.45, 2.75) is 33.1 Å². The molecule has 164 valence electrons. The number of hydrogen-bond donors (Lipinski definition) is 0. The summed E-state index contributed by atoms with van der Waals surface area (Å²) < 4.78 is 0. The van der Waals surface area contributed by atoms with Crippen LogP contribution in [-0.2, 0) is 0 Å². The molecule has 3 aliphatic rings. The predicted octanol–water partition coefficient (Wildman–Crippen LogP) is 9.18. The SMILES string of the molecule is C=C/C(=C\C(=C)C(=C)/C=C\C(=C)C(=C)/C=C\C(=C)C1=CC=CCC1)C1=CC2CC2=C1.CC. The summed E-state index contributed by atoms with van der Waals surface area (Å²) in [5.41, 5.74) is 9.51. The zero-order chi connectivity index (χ0) is 23.7. The monoisotopic (exact) mass is 420 g/mol. The maximum Gasteiger partial charge on any atom is 0.00271 e. The first-order valence-corrected chi connectivity index (χ1v) is 11.3. The minimum Gasteiger partial charge on any atom is -0.0984 e. The van der Waals surface area contributed by atoms with Crippen molar-refractivity contribution >= 4 is 0 Å². The van der Waals surface area contributed by atoms with Crippen LogP contribution in [-0.4, -0.2) is 0 Å². The van der Waals surface area contributed by atoms with Gasteiger partial charge < -0.3 is 0 Å². The molecule has 1 atom stereocenters. The second-order valence-electron chi connectivity index (χ2n) is 7.91. The van der Waals surface area contributed by atoms with Crippen molar-refractivity contribution in [3.63, 3.8) is 0 Å². The molecule has 0 amide bonds. The lowest BCUT2D eigenvalue weighted by atomic mass is 9.97. The smallest absolute Gasteiger partial charge is 0.00271 e. The fourth-order valence-corrected chi connectivity index (χ4v) is 3.41. The molecule has 0 heteroatoms. The van der Waals surface area contributed by atoms with Gasteiger partial charge in [-0.15, -0.1) is 0 Å². The summed E-state index contributed by atoms with van der Waals surface area (Å²) in [6, 6.07) is 0. The quantitative estimate of drug-likeness (QED) is 0.309. The van der Waals surface area contributed by atoms with Crippen LogP contribution in [0, 0.1) is 5.92 Å². The van der Waals surface area contributed by atoms with Crippen LogP contribution >= 0.6 is 0 Å². The van der Waals surface area contributed by atoms with Gasteiger partial charge >= 0.3 is 0 Å². The molecule has 0 aliphatic heterocycles. The zero-order valence-corrected chi connectivity index (χ0v) is 19.8. The predicted molar refractivity (Wildman–Crippen MR) is 144 cm³/mol. The third-order valence-electron chi connectivity index (χ3n) is 5.60. The highest BCUT2D eigenvalue weighted by molar-refractivity contribution is 5.60. The Morgan fingerprint density at radius 1 is 0.906 bits per heavy atom. The number of rotatable bonds is 10. The first-order chi connectivity index (χ1) is 15.4. The molecule has 0 spiro atoms. The maximum atomic E-state index is 4.17. The van der Waals surface area contributed by atoms with Crippen LogP contribution in [0.5, 0.6) is 0 Å². The molecule has 1 unspecified atom stereocenters. The van der Waals surface area contributed by atoms with Gasteiger partial charge in [0.1, 0.15) is 0 Å². The number of hydrogen-bond acceptors (Lipinski definition) is 0. The normalized spacial score (nSPS) is 18.8. The molecule has 0 heterocycles. The van der Waals surface area contributed by atoms with E-state index < -0.39 is 0 Å². The third kappa shape index (κ3) is 6.82. The van der Waals surface area contributed by atoms with E-state index in [0.29, 0.717) is 5.92 Å². The maximum absolute atomic E-state index is 4.17. The fraction of sp³-hybridized carbons (Fsp3) is 0.188. The first kappa shape index (κ1) is 24.9. The Morgan fingerprint density at radius 3 is 2.06 bits per heavy atom. The molecule has 0 aromatic carbocycles. The zero-order valence-electron chi connectivity index (χ0n) is 19.8. The van der Waals surface area contributed by atoms with Crippen LogP contribution < -0.4 is 0 Å². The lowest BCUT2D eigenvalue weighted by Crippen LogP contribution is -1.89. The molecule has 0 saturated heterocycles. The average molecular weight is 421 g/mol. The summed E-state index contributed by atoms with van der Waals surface area (Å²) in [5, 5.41) is 0. The van der Waals surface area contributed by atoms with E-state index in [1.54, 1.807) is 0 Å². The summed E-state index contributed by atoms with van der Waals surface area (Å²) >= 11 is 0. The molecule has 0 nitrogen and oxygen atoms in total. The van der Waals surface area contributed by atoms with Crippen LogP contribution in [0.4, 0.5) is 0 Å². The van der Waals surface area contributed by atoms with Gasteiger partial charge in [-0.1, -0.05) is 120 Å². The summed E-state index contributed by atoms with van der Waals surface area (Å²) in [7, 11) is 0. The van der Waals surface area contributed by atoms with Crippen LogP contribution in [0.3, 0.4) is 0 Å². The lowest BCUT2D eigenvalue weighted by molar-refractivity contribution is 0.979. The molecular formula is C32H36. The van der Waals surface area contributed by atoms with Crippen molar-refractivity contribution in [3.05, 3.63) is 156 Å². The standard InChI is InChI=1S/C30H30.C2H6/c1-7-26(28-18-29-20-30(29)19-28)17-25(6)23(4)14-13-21(2)22(3)15-16-24(5)27-11-9-8-10-12-27;1-2/h7-9,11,13-19,29H,1-6,10,12,20H2;1-2H3/b14-13-,16-15-,26-17+;. The molecule has 0 bridgehead atoms. The average Bonchev–Trinajstić information content (AvgIpc) is 3.45. The summed E-state index contributed by atoms with van der Waals surface area (Å²) in [6.07, 6.45) is 26.0. The molecule has 32 heavy (non-hydrogen) atoms. The highest BCUT2D eigenvalue weighted by Crippen LogP contribution is 2.46. The van der Waals surface area contributed by atoms with E-state index in [9.17, 15) is 0 Å². The minimum atomic E-state index is 0.657. The number of fused-ring (bicyclic) bond motifs is 1. The Bertz CT molecular complexity index is 1050. The van der Waals surface area contributed by atoms with Crippen LogP contribution in [0.1, 0.15) is 33.1 Å². The van der Waals surface area contributed by atoms with E-state index in [1.807, 2.05) is 50.3 Å². The van der Waals surface area contributed by atoms with E-state index in [4.69, 9.17) is 0 Å². The van der Waals surface area contributed by atoms with Gasteiger partial charge in [0.25, 0.3) is 0 Å². The van der Waals surface area contributed by atoms with Crippen molar-refractivity contribution < 1.29 is 0 Å². The molecule has 3 aliphatic carbocycles. The first-order valence-electron chi connectivity index (χ1n) is 11.3. The molecule has 1 saturated carbocycles. The largest absolute Gasteiger partial charge is 0.0984 e. The van der Waals surface area contributed by atoms with Gasteiger partial charge in [-0.25, -0.2) is 0 Å². The second kappa shape index (κ2) is 11.9. The molecular weight excluding hydrogens is 384 g/mol. The van der Waals surface area contributed by atoms with Crippen LogP contribution in [0.2, 0.25) is 0 Å².